The smallest absolute Gasteiger partial charge is 0.355 e. The lowest BCUT2D eigenvalue weighted by molar-refractivity contribution is -0.144. The number of benzene rings is 4. The van der Waals surface area contributed by atoms with Crippen molar-refractivity contribution < 1.29 is 43.7 Å². The molecule has 0 unspecified atom stereocenters. The van der Waals surface area contributed by atoms with Gasteiger partial charge in [0, 0.05) is 61.6 Å². The normalized spacial score (nSPS) is 15.4. The largest absolute Gasteiger partial charge is 0.494 e. The zero-order valence-electron chi connectivity index (χ0n) is 45.1. The van der Waals surface area contributed by atoms with E-state index in [1.165, 1.54) is 27.6 Å². The number of carboxylic acids is 1. The molecule has 0 spiro atoms. The predicted octanol–water partition coefficient (Wildman–Crippen LogP) is 9.06. The number of thiazole rings is 3. The predicted molar refractivity (Wildman–Crippen MR) is 311 cm³/mol. The van der Waals surface area contributed by atoms with E-state index in [1.807, 2.05) is 129 Å². The van der Waals surface area contributed by atoms with Gasteiger partial charge >= 0.3 is 5.97 Å². The number of fused-ring (bicyclic) bond motifs is 2. The van der Waals surface area contributed by atoms with E-state index in [2.05, 4.69) is 42.7 Å². The molecular formula is C60H64N8O9S3. The van der Waals surface area contributed by atoms with Gasteiger partial charge in [-0.2, -0.15) is 0 Å². The van der Waals surface area contributed by atoms with Crippen LogP contribution in [-0.4, -0.2) is 111 Å². The van der Waals surface area contributed by atoms with Gasteiger partial charge in [-0.15, -0.1) is 22.7 Å². The highest BCUT2D eigenvalue weighted by Crippen LogP contribution is 2.34. The van der Waals surface area contributed by atoms with Crippen LogP contribution in [0.4, 0.5) is 10.3 Å². The molecule has 416 valence electrons. The van der Waals surface area contributed by atoms with Crippen molar-refractivity contribution in [2.24, 2.45) is 5.41 Å². The monoisotopic (exact) mass is 1140 g/mol. The number of ether oxygens (including phenoxy) is 2. The quantitative estimate of drug-likeness (QED) is 0.0335. The summed E-state index contributed by atoms with van der Waals surface area (Å²) in [5.41, 5.74) is 8.22. The number of aromatic nitrogens is 3. The lowest BCUT2D eigenvalue weighted by Crippen LogP contribution is -2.58. The number of unbranched alkanes of at least 4 members (excludes halogenated alkanes) is 2. The molecule has 0 aliphatic carbocycles. The summed E-state index contributed by atoms with van der Waals surface area (Å²) in [4.78, 5) is 85.1. The number of hydrogen-bond donors (Lipinski definition) is 5. The second-order valence-electron chi connectivity index (χ2n) is 20.9. The van der Waals surface area contributed by atoms with Crippen LogP contribution in [0.15, 0.2) is 96.5 Å². The van der Waals surface area contributed by atoms with Crippen LogP contribution in [0.2, 0.25) is 0 Å². The summed E-state index contributed by atoms with van der Waals surface area (Å²) in [6, 6.07) is 27.0. The topological polar surface area (TPSA) is 226 Å². The molecule has 0 saturated carbocycles. The van der Waals surface area contributed by atoms with Gasteiger partial charge in [0.25, 0.3) is 5.91 Å². The summed E-state index contributed by atoms with van der Waals surface area (Å²) in [5.74, 6) is 4.45. The minimum absolute atomic E-state index is 0.0173. The fourth-order valence-electron chi connectivity index (χ4n) is 9.65. The van der Waals surface area contributed by atoms with E-state index in [0.29, 0.717) is 84.9 Å². The second-order valence-corrected chi connectivity index (χ2v) is 23.8. The summed E-state index contributed by atoms with van der Waals surface area (Å²) in [5, 5.41) is 30.6. The number of aliphatic hydroxyl groups is 1. The van der Waals surface area contributed by atoms with E-state index in [4.69, 9.17) is 9.47 Å². The number of likely N-dealkylation sites (tertiary alicyclic amines) is 1. The number of aromatic carboxylic acids is 1. The maximum absolute atomic E-state index is 14.0. The third-order valence-electron chi connectivity index (χ3n) is 13.9. The highest BCUT2D eigenvalue weighted by molar-refractivity contribution is 7.22. The summed E-state index contributed by atoms with van der Waals surface area (Å²) in [6.07, 6.45) is 3.00. The molecule has 5 N–H and O–H groups in total. The van der Waals surface area contributed by atoms with Crippen LogP contribution >= 0.6 is 34.0 Å². The first kappa shape index (κ1) is 57.2. The number of anilines is 2. The molecule has 0 bridgehead atoms. The molecule has 17 nitrogen and oxygen atoms in total. The molecule has 80 heavy (non-hydrogen) atoms. The standard InChI is InChI=1S/C60H64N8O9S3/c1-37-52(78-36-62-37)41-23-19-39(20-24-41)32-61-55(72)47-31-42(69)33-68(47)56(73)53(60(2,3)4)64-50(70)35-76-29-10-6-5-7-13-38-21-25-43(26-22-38)77-30-12-18-49-51(57(74)75)65-59(80-49)67-28-27-40-14-11-15-44(45(40)34-67)54(71)66-58-63-46-16-8-9-17-48(46)79-58/h8-9,11,14-17,19-26,36,42,47,53,69H,5-6,10,12,18,27-35H2,1-4H3,(H,61,72)(H,64,70)(H,74,75)(H,63,66,71)/t42-,47+,53-/m1/s1. The van der Waals surface area contributed by atoms with Crippen molar-refractivity contribution in [1.29, 1.82) is 0 Å². The van der Waals surface area contributed by atoms with Crippen molar-refractivity contribution in [3.8, 4) is 28.0 Å². The minimum atomic E-state index is -1.08. The minimum Gasteiger partial charge on any atom is -0.494 e. The Bertz CT molecular complexity index is 3380. The van der Waals surface area contributed by atoms with E-state index in [9.17, 15) is 34.2 Å². The van der Waals surface area contributed by atoms with Gasteiger partial charge in [0.05, 0.1) is 39.0 Å². The molecule has 1 saturated heterocycles. The van der Waals surface area contributed by atoms with Crippen molar-refractivity contribution in [2.75, 3.05) is 43.1 Å². The maximum Gasteiger partial charge on any atom is 0.355 e. The molecule has 4 amide bonds. The third kappa shape index (κ3) is 14.4. The molecule has 1 fully saturated rings. The Balaban J connectivity index is 0.669. The number of carbonyl (C=O) groups excluding carboxylic acids is 4. The number of hydrogen-bond acceptors (Lipinski definition) is 15. The van der Waals surface area contributed by atoms with Crippen molar-refractivity contribution in [3.63, 3.8) is 0 Å². The molecule has 2 aliphatic rings. The second kappa shape index (κ2) is 26.2. The number of rotatable bonds is 21. The van der Waals surface area contributed by atoms with Gasteiger partial charge < -0.3 is 40.1 Å². The van der Waals surface area contributed by atoms with Gasteiger partial charge in [-0.25, -0.2) is 19.7 Å². The third-order valence-corrected chi connectivity index (χ3v) is 17.0. The first-order valence-electron chi connectivity index (χ1n) is 26.7. The molecule has 5 heterocycles. The summed E-state index contributed by atoms with van der Waals surface area (Å²) in [6.45, 7) is 9.24. The number of carboxylic acid groups (broad SMARTS) is 1. The zero-order chi connectivity index (χ0) is 56.3. The summed E-state index contributed by atoms with van der Waals surface area (Å²) < 4.78 is 12.7. The number of nitrogens with zero attached hydrogens (tertiary/aromatic N) is 5. The van der Waals surface area contributed by atoms with Crippen LogP contribution in [0.3, 0.4) is 0 Å². The number of aliphatic hydroxyl groups excluding tert-OH is 1. The Hall–Kier alpha value is -7.54. The van der Waals surface area contributed by atoms with Crippen molar-refractivity contribution >= 4 is 84.1 Å². The highest BCUT2D eigenvalue weighted by atomic mass is 32.1. The lowest BCUT2D eigenvalue weighted by atomic mass is 9.85. The fraction of sp³-hybridized carbons (Fsp3) is 0.367. The van der Waals surface area contributed by atoms with Gasteiger partial charge in [0.15, 0.2) is 16.0 Å². The number of aryl methyl sites for hydroxylation is 2. The van der Waals surface area contributed by atoms with Crippen LogP contribution in [-0.2, 0) is 45.1 Å². The highest BCUT2D eigenvalue weighted by Gasteiger charge is 2.44. The van der Waals surface area contributed by atoms with Crippen LogP contribution in [0, 0.1) is 24.2 Å². The molecule has 20 heteroatoms. The molecule has 0 radical (unpaired) electrons. The Morgan fingerprint density at radius 3 is 2.46 bits per heavy atom. The van der Waals surface area contributed by atoms with Crippen molar-refractivity contribution in [1.82, 2.24) is 30.5 Å². The van der Waals surface area contributed by atoms with E-state index >= 15 is 0 Å². The van der Waals surface area contributed by atoms with Crippen molar-refractivity contribution in [3.05, 3.63) is 141 Å². The maximum atomic E-state index is 14.0. The van der Waals surface area contributed by atoms with Crippen LogP contribution < -0.4 is 25.6 Å². The lowest BCUT2D eigenvalue weighted by Gasteiger charge is -2.35. The molecule has 3 aromatic heterocycles. The van der Waals surface area contributed by atoms with Crippen LogP contribution in [0.1, 0.15) is 107 Å². The number of nitrogens with one attached hydrogen (secondary N) is 3. The van der Waals surface area contributed by atoms with Gasteiger partial charge in [-0.05, 0) is 109 Å². The average molecular weight is 1140 g/mol. The molecule has 9 rings (SSSR count). The van der Waals surface area contributed by atoms with E-state index < -0.39 is 41.4 Å². The Morgan fingerprint density at radius 2 is 1.71 bits per heavy atom. The van der Waals surface area contributed by atoms with Gasteiger partial charge in [-0.1, -0.05) is 92.5 Å². The van der Waals surface area contributed by atoms with Crippen LogP contribution in [0.25, 0.3) is 20.7 Å². The Labute approximate surface area is 476 Å². The molecule has 4 aromatic carbocycles. The number of para-hydroxylation sites is 1. The molecule has 3 atom stereocenters. The number of β-amino-alcohol motifs (C(OH)–C–C–N with tert-alkyl or cyclic N) is 1. The van der Waals surface area contributed by atoms with E-state index in [0.717, 1.165) is 55.0 Å². The fourth-order valence-corrected chi connectivity index (χ4v) is 12.4. The van der Waals surface area contributed by atoms with Crippen LogP contribution in [0.5, 0.6) is 5.75 Å². The summed E-state index contributed by atoms with van der Waals surface area (Å²) in [7, 11) is 0. The average Bonchev–Trinajstić information content (AvgIpc) is 4.27. The first-order valence-corrected chi connectivity index (χ1v) is 29.2. The molecule has 7 aromatic rings. The SMILES string of the molecule is Cc1ncsc1-c1ccc(CNC(=O)[C@@H]2C[C@@H](O)CN2C(=O)[C@@H](NC(=O)COCCCCC#Cc2ccc(OCCCc3sc(N4CCc5cccc(C(=O)Nc6nc7ccccc7s6)c5C4)nc3C(=O)O)cc2)C(C)(C)C)cc1. The van der Waals surface area contributed by atoms with Crippen molar-refractivity contribution in [2.45, 2.75) is 104 Å². The van der Waals surface area contributed by atoms with Gasteiger partial charge in [0.2, 0.25) is 17.7 Å². The Kier molecular flexibility index (Phi) is 18.7. The van der Waals surface area contributed by atoms with Gasteiger partial charge in [0.1, 0.15) is 24.4 Å². The number of amides is 4. The number of carbonyl (C=O) groups is 5. The van der Waals surface area contributed by atoms with E-state index in [1.54, 1.807) is 11.3 Å². The van der Waals surface area contributed by atoms with E-state index in [-0.39, 0.29) is 43.6 Å². The Morgan fingerprint density at radius 1 is 0.912 bits per heavy atom. The zero-order valence-corrected chi connectivity index (χ0v) is 47.5. The van der Waals surface area contributed by atoms with Gasteiger partial charge in [-0.3, -0.25) is 24.5 Å². The summed E-state index contributed by atoms with van der Waals surface area (Å²) >= 11 is 4.36. The first-order chi connectivity index (χ1) is 38.6. The molecule has 2 aliphatic heterocycles. The molecular weight excluding hydrogens is 1070 g/mol.